The minimum atomic E-state index is -3.49. The average Bonchev–Trinajstić information content (AvgIpc) is 2.29. The summed E-state index contributed by atoms with van der Waals surface area (Å²) in [5.41, 5.74) is 0. The van der Waals surface area contributed by atoms with E-state index in [4.69, 9.17) is 16.3 Å². The number of ether oxygens (including phenoxy) is 1. The summed E-state index contributed by atoms with van der Waals surface area (Å²) in [6, 6.07) is 2.72. The Balaban J connectivity index is 2.51. The lowest BCUT2D eigenvalue weighted by Crippen LogP contribution is -2.25. The van der Waals surface area contributed by atoms with Crippen molar-refractivity contribution in [2.24, 2.45) is 0 Å². The second-order valence-electron chi connectivity index (χ2n) is 3.41. The molecular weight excluding hydrogens is 264 g/mol. The van der Waals surface area contributed by atoms with E-state index in [2.05, 4.69) is 9.71 Å². The quantitative estimate of drug-likeness (QED) is 0.605. The lowest BCUT2D eigenvalue weighted by molar-refractivity contribution is 0.193. The molecule has 1 heterocycles. The van der Waals surface area contributed by atoms with Gasteiger partial charge >= 0.3 is 0 Å². The summed E-state index contributed by atoms with van der Waals surface area (Å²) in [6.07, 6.45) is 2.91. The van der Waals surface area contributed by atoms with Crippen LogP contribution in [-0.2, 0) is 14.8 Å². The summed E-state index contributed by atoms with van der Waals surface area (Å²) in [7, 11) is -1.87. The van der Waals surface area contributed by atoms with Crippen LogP contribution in [0.15, 0.2) is 23.2 Å². The minimum absolute atomic E-state index is 0.129. The van der Waals surface area contributed by atoms with Crippen molar-refractivity contribution in [1.29, 1.82) is 0 Å². The van der Waals surface area contributed by atoms with Gasteiger partial charge in [0.2, 0.25) is 10.0 Å². The number of unbranched alkanes of at least 4 members (excludes halogenated alkanes) is 1. The van der Waals surface area contributed by atoms with Gasteiger partial charge in [-0.05, 0) is 25.0 Å². The van der Waals surface area contributed by atoms with E-state index in [0.717, 1.165) is 12.8 Å². The van der Waals surface area contributed by atoms with Crippen molar-refractivity contribution in [1.82, 2.24) is 9.71 Å². The molecule has 0 aromatic carbocycles. The van der Waals surface area contributed by atoms with Gasteiger partial charge in [0.15, 0.2) is 0 Å². The molecule has 96 valence electrons. The maximum absolute atomic E-state index is 11.8. The summed E-state index contributed by atoms with van der Waals surface area (Å²) in [6.45, 7) is 1.01. The van der Waals surface area contributed by atoms with Gasteiger partial charge in [0.1, 0.15) is 5.15 Å². The number of nitrogens with zero attached hydrogens (tertiary/aromatic N) is 1. The number of rotatable bonds is 7. The Labute approximate surface area is 106 Å². The predicted molar refractivity (Wildman–Crippen MR) is 65.5 cm³/mol. The van der Waals surface area contributed by atoms with Crippen molar-refractivity contribution >= 4 is 21.6 Å². The van der Waals surface area contributed by atoms with Crippen molar-refractivity contribution in [3.05, 3.63) is 23.5 Å². The number of sulfonamides is 1. The number of pyridine rings is 1. The molecule has 0 aliphatic heterocycles. The second-order valence-corrected chi connectivity index (χ2v) is 5.57. The zero-order valence-corrected chi connectivity index (χ0v) is 11.1. The third-order valence-electron chi connectivity index (χ3n) is 2.08. The maximum Gasteiger partial charge on any atom is 0.240 e. The van der Waals surface area contributed by atoms with Gasteiger partial charge < -0.3 is 4.74 Å². The largest absolute Gasteiger partial charge is 0.385 e. The summed E-state index contributed by atoms with van der Waals surface area (Å²) < 4.78 is 30.9. The van der Waals surface area contributed by atoms with Gasteiger partial charge in [-0.25, -0.2) is 18.1 Å². The monoisotopic (exact) mass is 278 g/mol. The highest BCUT2D eigenvalue weighted by Gasteiger charge is 2.13. The molecule has 0 atom stereocenters. The smallest absolute Gasteiger partial charge is 0.240 e. The molecule has 0 aliphatic carbocycles. The highest BCUT2D eigenvalue weighted by molar-refractivity contribution is 7.89. The third kappa shape index (κ3) is 4.99. The van der Waals surface area contributed by atoms with Crippen LogP contribution in [0.3, 0.4) is 0 Å². The maximum atomic E-state index is 11.8. The van der Waals surface area contributed by atoms with Gasteiger partial charge in [-0.2, -0.15) is 0 Å². The summed E-state index contributed by atoms with van der Waals surface area (Å²) in [5.74, 6) is 0. The molecule has 0 saturated heterocycles. The van der Waals surface area contributed by atoms with E-state index in [1.165, 1.54) is 18.3 Å². The molecule has 0 spiro atoms. The first kappa shape index (κ1) is 14.4. The Kier molecular flexibility index (Phi) is 5.84. The molecule has 0 bridgehead atoms. The standard InChI is InChI=1S/C10H15ClN2O3S/c1-16-7-3-2-5-13-17(14,15)9-4-6-12-10(11)8-9/h4,6,8,13H,2-3,5,7H2,1H3. The number of methoxy groups -OCH3 is 1. The number of hydrogen-bond donors (Lipinski definition) is 1. The fourth-order valence-corrected chi connectivity index (χ4v) is 2.54. The minimum Gasteiger partial charge on any atom is -0.385 e. The molecule has 0 radical (unpaired) electrons. The molecule has 0 amide bonds. The zero-order chi connectivity index (χ0) is 12.7. The van der Waals surface area contributed by atoms with E-state index in [1.54, 1.807) is 7.11 Å². The molecule has 1 N–H and O–H groups in total. The number of halogens is 1. The molecule has 5 nitrogen and oxygen atoms in total. The predicted octanol–water partition coefficient (Wildman–Crippen LogP) is 1.44. The van der Waals surface area contributed by atoms with E-state index in [0.29, 0.717) is 13.2 Å². The highest BCUT2D eigenvalue weighted by Crippen LogP contribution is 2.12. The zero-order valence-electron chi connectivity index (χ0n) is 9.52. The first-order valence-electron chi connectivity index (χ1n) is 5.16. The van der Waals surface area contributed by atoms with Crippen molar-refractivity contribution < 1.29 is 13.2 Å². The molecule has 0 saturated carbocycles. The molecule has 17 heavy (non-hydrogen) atoms. The van der Waals surface area contributed by atoms with Crippen LogP contribution in [0.2, 0.25) is 5.15 Å². The first-order valence-corrected chi connectivity index (χ1v) is 7.02. The lowest BCUT2D eigenvalue weighted by atomic mass is 10.3. The number of aromatic nitrogens is 1. The molecule has 1 aromatic heterocycles. The van der Waals surface area contributed by atoms with Gasteiger partial charge in [0, 0.05) is 26.5 Å². The molecular formula is C10H15ClN2O3S. The van der Waals surface area contributed by atoms with Crippen LogP contribution < -0.4 is 4.72 Å². The Bertz CT molecular complexity index is 451. The molecule has 7 heteroatoms. The number of nitrogens with one attached hydrogen (secondary N) is 1. The second kappa shape index (κ2) is 6.90. The normalized spacial score (nSPS) is 11.6. The summed E-state index contributed by atoms with van der Waals surface area (Å²) >= 11 is 5.63. The van der Waals surface area contributed by atoms with Crippen molar-refractivity contribution in [3.8, 4) is 0 Å². The molecule has 1 rings (SSSR count). The van der Waals surface area contributed by atoms with Gasteiger partial charge in [-0.3, -0.25) is 0 Å². The average molecular weight is 279 g/mol. The van der Waals surface area contributed by atoms with Gasteiger partial charge in [0.05, 0.1) is 4.90 Å². The topological polar surface area (TPSA) is 68.3 Å². The van der Waals surface area contributed by atoms with E-state index >= 15 is 0 Å². The van der Waals surface area contributed by atoms with E-state index < -0.39 is 10.0 Å². The van der Waals surface area contributed by atoms with Crippen LogP contribution in [-0.4, -0.2) is 33.7 Å². The van der Waals surface area contributed by atoms with Gasteiger partial charge in [-0.1, -0.05) is 11.6 Å². The van der Waals surface area contributed by atoms with Crippen molar-refractivity contribution in [2.45, 2.75) is 17.7 Å². The molecule has 0 aliphatic rings. The lowest BCUT2D eigenvalue weighted by Gasteiger charge is -2.06. The fraction of sp³-hybridized carbons (Fsp3) is 0.500. The fourth-order valence-electron chi connectivity index (χ4n) is 1.21. The van der Waals surface area contributed by atoms with E-state index in [9.17, 15) is 8.42 Å². The van der Waals surface area contributed by atoms with Crippen LogP contribution in [0.5, 0.6) is 0 Å². The van der Waals surface area contributed by atoms with E-state index in [1.807, 2.05) is 0 Å². The number of hydrogen-bond acceptors (Lipinski definition) is 4. The van der Waals surface area contributed by atoms with E-state index in [-0.39, 0.29) is 10.0 Å². The third-order valence-corrected chi connectivity index (χ3v) is 3.74. The Morgan fingerprint density at radius 3 is 2.88 bits per heavy atom. The Morgan fingerprint density at radius 1 is 1.47 bits per heavy atom. The van der Waals surface area contributed by atoms with Crippen molar-refractivity contribution in [2.75, 3.05) is 20.3 Å². The molecule has 1 aromatic rings. The van der Waals surface area contributed by atoms with Crippen LogP contribution in [0.25, 0.3) is 0 Å². The van der Waals surface area contributed by atoms with Crippen LogP contribution in [0, 0.1) is 0 Å². The van der Waals surface area contributed by atoms with Crippen LogP contribution in [0.4, 0.5) is 0 Å². The van der Waals surface area contributed by atoms with Gasteiger partial charge in [0.25, 0.3) is 0 Å². The highest BCUT2D eigenvalue weighted by atomic mass is 35.5. The summed E-state index contributed by atoms with van der Waals surface area (Å²) in [5, 5.41) is 0.159. The van der Waals surface area contributed by atoms with Crippen LogP contribution >= 0.6 is 11.6 Å². The van der Waals surface area contributed by atoms with Gasteiger partial charge in [-0.15, -0.1) is 0 Å². The SMILES string of the molecule is COCCCCNS(=O)(=O)c1ccnc(Cl)c1. The van der Waals surface area contributed by atoms with Crippen LogP contribution in [0.1, 0.15) is 12.8 Å². The molecule has 0 fully saturated rings. The first-order chi connectivity index (χ1) is 8.06. The summed E-state index contributed by atoms with van der Waals surface area (Å²) in [4.78, 5) is 3.86. The Morgan fingerprint density at radius 2 is 2.24 bits per heavy atom. The molecule has 0 unspecified atom stereocenters. The Hall–Kier alpha value is -0.690. The van der Waals surface area contributed by atoms with Crippen molar-refractivity contribution in [3.63, 3.8) is 0 Å².